The van der Waals surface area contributed by atoms with Gasteiger partial charge in [-0.1, -0.05) is 6.92 Å². The van der Waals surface area contributed by atoms with Gasteiger partial charge < -0.3 is 0 Å². The molecule has 0 aromatic heterocycles. The number of halogens is 1. The quantitative estimate of drug-likeness (QED) is 0.539. The zero-order valence-corrected chi connectivity index (χ0v) is 7.24. The fourth-order valence-electron chi connectivity index (χ4n) is 0.310. The van der Waals surface area contributed by atoms with Crippen LogP contribution in [0.4, 0.5) is 0 Å². The Morgan fingerprint density at radius 2 is 2.29 bits per heavy atom. The van der Waals surface area contributed by atoms with Crippen LogP contribution in [-0.4, -0.2) is 15.1 Å². The first kappa shape index (κ1) is 7.56. The lowest BCUT2D eigenvalue weighted by molar-refractivity contribution is 0.979. The molecular formula is C5H12IN. The molecule has 0 saturated heterocycles. The van der Waals surface area contributed by atoms with E-state index in [1.54, 1.807) is 0 Å². The van der Waals surface area contributed by atoms with Gasteiger partial charge in [0, 0.05) is 3.63 Å². The zero-order chi connectivity index (χ0) is 5.70. The summed E-state index contributed by atoms with van der Waals surface area (Å²) in [5.41, 5.74) is 0. The smallest absolute Gasteiger partial charge is 0.0178 e. The van der Waals surface area contributed by atoms with E-state index in [1.165, 1.54) is 3.63 Å². The topological polar surface area (TPSA) is 12.0 Å². The molecule has 0 aromatic rings. The van der Waals surface area contributed by atoms with Gasteiger partial charge in [-0.2, -0.15) is 0 Å². The molecule has 0 fully saturated rings. The van der Waals surface area contributed by atoms with Gasteiger partial charge in [0.1, 0.15) is 0 Å². The number of hydrogen-bond acceptors (Lipinski definition) is 1. The number of nitrogens with one attached hydrogen (secondary N) is 1. The average Bonchev–Trinajstić information content (AvgIpc) is 1.68. The lowest BCUT2D eigenvalue weighted by Crippen LogP contribution is -2.16. The van der Waals surface area contributed by atoms with Crippen molar-refractivity contribution in [3.05, 3.63) is 0 Å². The van der Waals surface area contributed by atoms with E-state index >= 15 is 0 Å². The molecule has 0 aliphatic carbocycles. The number of rotatable bonds is 2. The molecule has 0 rings (SSSR count). The summed E-state index contributed by atoms with van der Waals surface area (Å²) in [5.74, 6) is 0. The molecule has 0 radical (unpaired) electrons. The Bertz CT molecular complexity index is 68.5. The summed E-state index contributed by atoms with van der Waals surface area (Å²) in [7, 11) is 0. The van der Waals surface area contributed by atoms with Gasteiger partial charge in [0.25, 0.3) is 0 Å². The minimum atomic E-state index is 0.344. The van der Waals surface area contributed by atoms with Crippen LogP contribution in [0.25, 0.3) is 0 Å². The molecule has 44 valence electrons. The molecule has 1 N–H and O–H groups in total. The monoisotopic (exact) mass is 213 g/mol. The maximum atomic E-state index is 3.26. The zero-order valence-electron chi connectivity index (χ0n) is 5.09. The van der Waals surface area contributed by atoms with Gasteiger partial charge in [-0.05, 0) is 18.4 Å². The highest BCUT2D eigenvalue weighted by Gasteiger charge is 1.77. The molecule has 0 unspecified atom stereocenters. The fraction of sp³-hybridized carbons (Fsp3) is 0.800. The van der Waals surface area contributed by atoms with Crippen molar-refractivity contribution < 1.29 is 0 Å². The second kappa shape index (κ2) is 4.71. The molecule has 0 amide bonds. The first-order valence-corrected chi connectivity index (χ1v) is 5.61. The van der Waals surface area contributed by atoms with Gasteiger partial charge in [0.05, 0.1) is 0 Å². The van der Waals surface area contributed by atoms with Crippen molar-refractivity contribution >= 4 is 24.4 Å². The highest BCUT2D eigenvalue weighted by atomic mass is 127. The molecule has 2 heteroatoms. The molecule has 0 atom stereocenters. The van der Waals surface area contributed by atoms with Crippen LogP contribution in [0.3, 0.4) is 0 Å². The van der Waals surface area contributed by atoms with Gasteiger partial charge in [0.15, 0.2) is 0 Å². The van der Waals surface area contributed by atoms with Gasteiger partial charge in [-0.15, -0.1) is 20.7 Å². The SMILES string of the molecule is CCNC(C)=IC. The molecule has 0 saturated carbocycles. The summed E-state index contributed by atoms with van der Waals surface area (Å²) in [4.78, 5) is 2.26. The third-order valence-electron chi connectivity index (χ3n) is 0.704. The lowest BCUT2D eigenvalue weighted by atomic mass is 10.7. The van der Waals surface area contributed by atoms with E-state index < -0.39 is 0 Å². The van der Waals surface area contributed by atoms with Crippen LogP contribution in [-0.2, 0) is 0 Å². The Balaban J connectivity index is 3.17. The maximum Gasteiger partial charge on any atom is 0.0178 e. The maximum absolute atomic E-state index is 3.26. The Morgan fingerprint density at radius 1 is 1.71 bits per heavy atom. The Kier molecular flexibility index (Phi) is 5.09. The predicted molar refractivity (Wildman–Crippen MR) is 44.3 cm³/mol. The van der Waals surface area contributed by atoms with Crippen LogP contribution >= 0.6 is 20.7 Å². The first-order chi connectivity index (χ1) is 3.31. The molecule has 7 heavy (non-hydrogen) atoms. The summed E-state index contributed by atoms with van der Waals surface area (Å²) in [6.45, 7) is 5.37. The van der Waals surface area contributed by atoms with Gasteiger partial charge >= 0.3 is 0 Å². The molecular weight excluding hydrogens is 201 g/mol. The third-order valence-corrected chi connectivity index (χ3v) is 2.70. The molecule has 1 nitrogen and oxygen atoms in total. The van der Waals surface area contributed by atoms with Crippen molar-refractivity contribution in [1.29, 1.82) is 0 Å². The summed E-state index contributed by atoms with van der Waals surface area (Å²) in [5, 5.41) is 3.26. The number of alkyl halides is 1. The van der Waals surface area contributed by atoms with Crippen LogP contribution in [0, 0.1) is 0 Å². The number of hydrogen-bond donors (Lipinski definition) is 1. The summed E-state index contributed by atoms with van der Waals surface area (Å²) in [6.07, 6.45) is 0. The van der Waals surface area contributed by atoms with Gasteiger partial charge in [0.2, 0.25) is 0 Å². The second-order valence-corrected chi connectivity index (χ2v) is 3.95. The van der Waals surface area contributed by atoms with E-state index in [-0.39, 0.29) is 0 Å². The predicted octanol–water partition coefficient (Wildman–Crippen LogP) is 1.35. The minimum absolute atomic E-state index is 0.344. The molecule has 0 heterocycles. The average molecular weight is 213 g/mol. The van der Waals surface area contributed by atoms with Crippen molar-refractivity contribution in [3.63, 3.8) is 0 Å². The van der Waals surface area contributed by atoms with Gasteiger partial charge in [-0.3, -0.25) is 5.32 Å². The van der Waals surface area contributed by atoms with E-state index in [0.29, 0.717) is 20.7 Å². The van der Waals surface area contributed by atoms with Crippen molar-refractivity contribution in [3.8, 4) is 0 Å². The van der Waals surface area contributed by atoms with Crippen LogP contribution in [0.2, 0.25) is 0 Å². The second-order valence-electron chi connectivity index (χ2n) is 1.25. The van der Waals surface area contributed by atoms with E-state index in [1.807, 2.05) is 0 Å². The van der Waals surface area contributed by atoms with Crippen molar-refractivity contribution in [2.45, 2.75) is 13.8 Å². The Labute approximate surface area is 55.2 Å². The lowest BCUT2D eigenvalue weighted by Gasteiger charge is -1.94. The van der Waals surface area contributed by atoms with Gasteiger partial charge in [-0.25, -0.2) is 0 Å². The third kappa shape index (κ3) is 4.41. The van der Waals surface area contributed by atoms with E-state index in [9.17, 15) is 0 Å². The van der Waals surface area contributed by atoms with Crippen molar-refractivity contribution in [1.82, 2.24) is 5.32 Å². The summed E-state index contributed by atoms with van der Waals surface area (Å²) >= 11 is 0.344. The molecule has 0 aromatic carbocycles. The van der Waals surface area contributed by atoms with Crippen LogP contribution in [0.5, 0.6) is 0 Å². The highest BCUT2D eigenvalue weighted by Crippen LogP contribution is 1.86. The van der Waals surface area contributed by atoms with Crippen molar-refractivity contribution in [2.24, 2.45) is 0 Å². The van der Waals surface area contributed by atoms with Crippen LogP contribution < -0.4 is 5.32 Å². The van der Waals surface area contributed by atoms with Crippen molar-refractivity contribution in [2.75, 3.05) is 11.5 Å². The van der Waals surface area contributed by atoms with E-state index in [2.05, 4.69) is 24.1 Å². The Morgan fingerprint density at radius 3 is 2.43 bits per heavy atom. The summed E-state index contributed by atoms with van der Waals surface area (Å²) in [6, 6.07) is 0. The van der Waals surface area contributed by atoms with E-state index in [0.717, 1.165) is 6.54 Å². The van der Waals surface area contributed by atoms with E-state index in [4.69, 9.17) is 0 Å². The Hall–Kier alpha value is 0.560. The first-order valence-electron chi connectivity index (χ1n) is 2.38. The molecule has 0 bridgehead atoms. The standard InChI is InChI=1S/C5H12IN/c1-4-7-5(2)6-3/h7H,4H2,1-3H3. The molecule has 0 spiro atoms. The van der Waals surface area contributed by atoms with Crippen LogP contribution in [0.1, 0.15) is 13.8 Å². The fourth-order valence-corrected chi connectivity index (χ4v) is 1.07. The highest BCUT2D eigenvalue weighted by molar-refractivity contribution is 14.2. The summed E-state index contributed by atoms with van der Waals surface area (Å²) < 4.78 is 1.49. The minimum Gasteiger partial charge on any atom is -0.288 e. The normalized spacial score (nSPS) is 13.3. The largest absolute Gasteiger partial charge is 0.288 e. The molecule has 0 aliphatic heterocycles. The molecule has 0 aliphatic rings. The van der Waals surface area contributed by atoms with Crippen LogP contribution in [0.15, 0.2) is 0 Å².